The van der Waals surface area contributed by atoms with Gasteiger partial charge < -0.3 is 15.2 Å². The first-order valence-electron chi connectivity index (χ1n) is 10.4. The Hall–Kier alpha value is -2.73. The van der Waals surface area contributed by atoms with Crippen molar-refractivity contribution < 1.29 is 0 Å². The monoisotopic (exact) mass is 421 g/mol. The number of aromatic nitrogens is 2. The van der Waals surface area contributed by atoms with Crippen molar-refractivity contribution in [1.29, 1.82) is 0 Å². The Morgan fingerprint density at radius 3 is 2.73 bits per heavy atom. The minimum absolute atomic E-state index is 0.661. The Balaban J connectivity index is 1.58. The summed E-state index contributed by atoms with van der Waals surface area (Å²) in [5, 5.41) is 6.79. The number of rotatable bonds is 9. The fourth-order valence-corrected chi connectivity index (χ4v) is 3.97. The molecule has 0 radical (unpaired) electrons. The van der Waals surface area contributed by atoms with Gasteiger partial charge in [0.1, 0.15) is 5.82 Å². The van der Waals surface area contributed by atoms with E-state index in [1.807, 2.05) is 18.5 Å². The van der Waals surface area contributed by atoms with E-state index >= 15 is 0 Å². The molecule has 1 heterocycles. The van der Waals surface area contributed by atoms with Gasteiger partial charge in [-0.25, -0.2) is 9.98 Å². The average molecular weight is 422 g/mol. The Labute approximate surface area is 184 Å². The Morgan fingerprint density at radius 1 is 1.13 bits per heavy atom. The molecule has 0 amide bonds. The standard InChI is InChI=1S/C24H31N5S/c1-4-25-24(28-17-21-11-10-19(2)16-22(21)30-3)27-13-12-23-26-14-15-29(23)18-20-8-6-5-7-9-20/h5-11,14-16H,4,12-13,17-18H2,1-3H3,(H2,25,27,28). The second-order valence-corrected chi connectivity index (χ2v) is 7.99. The number of thioether (sulfide) groups is 1. The SMILES string of the molecule is CCNC(=NCc1ccc(C)cc1SC)NCCc1nccn1Cc1ccccc1. The van der Waals surface area contributed by atoms with E-state index in [1.54, 1.807) is 11.8 Å². The number of benzene rings is 2. The molecule has 0 atom stereocenters. The van der Waals surface area contributed by atoms with Crippen LogP contribution in [0.5, 0.6) is 0 Å². The third kappa shape index (κ3) is 6.39. The highest BCUT2D eigenvalue weighted by Gasteiger charge is 2.06. The molecule has 30 heavy (non-hydrogen) atoms. The molecule has 158 valence electrons. The minimum Gasteiger partial charge on any atom is -0.357 e. The maximum Gasteiger partial charge on any atom is 0.191 e. The zero-order chi connectivity index (χ0) is 21.2. The van der Waals surface area contributed by atoms with Crippen LogP contribution < -0.4 is 10.6 Å². The number of aliphatic imine (C=N–C) groups is 1. The van der Waals surface area contributed by atoms with E-state index < -0.39 is 0 Å². The molecule has 3 aromatic rings. The number of imidazole rings is 1. The summed E-state index contributed by atoms with van der Waals surface area (Å²) in [6, 6.07) is 17.0. The summed E-state index contributed by atoms with van der Waals surface area (Å²) < 4.78 is 2.21. The maximum atomic E-state index is 4.78. The van der Waals surface area contributed by atoms with E-state index in [1.165, 1.54) is 21.6 Å². The molecule has 5 nitrogen and oxygen atoms in total. The molecule has 2 N–H and O–H groups in total. The van der Waals surface area contributed by atoms with Crippen LogP contribution in [0.3, 0.4) is 0 Å². The molecule has 0 aliphatic carbocycles. The number of nitrogens with one attached hydrogen (secondary N) is 2. The highest BCUT2D eigenvalue weighted by atomic mass is 32.2. The van der Waals surface area contributed by atoms with Crippen LogP contribution in [0.1, 0.15) is 29.4 Å². The second-order valence-electron chi connectivity index (χ2n) is 7.14. The topological polar surface area (TPSA) is 54.2 Å². The molecular weight excluding hydrogens is 390 g/mol. The van der Waals surface area contributed by atoms with Crippen LogP contribution in [-0.4, -0.2) is 34.9 Å². The first-order valence-corrected chi connectivity index (χ1v) is 11.6. The number of aryl methyl sites for hydroxylation is 1. The van der Waals surface area contributed by atoms with Crippen molar-refractivity contribution in [3.63, 3.8) is 0 Å². The van der Waals surface area contributed by atoms with E-state index in [-0.39, 0.29) is 0 Å². The summed E-state index contributed by atoms with van der Waals surface area (Å²) in [6.45, 7) is 7.32. The predicted molar refractivity (Wildman–Crippen MR) is 127 cm³/mol. The maximum absolute atomic E-state index is 4.78. The zero-order valence-corrected chi connectivity index (χ0v) is 18.9. The zero-order valence-electron chi connectivity index (χ0n) is 18.1. The third-order valence-corrected chi connectivity index (χ3v) is 5.65. The highest BCUT2D eigenvalue weighted by molar-refractivity contribution is 7.98. The lowest BCUT2D eigenvalue weighted by Gasteiger charge is -2.13. The molecule has 0 bridgehead atoms. The van der Waals surface area contributed by atoms with Gasteiger partial charge in [-0.3, -0.25) is 0 Å². The lowest BCUT2D eigenvalue weighted by atomic mass is 10.1. The van der Waals surface area contributed by atoms with Crippen LogP contribution in [0, 0.1) is 6.92 Å². The molecule has 2 aromatic carbocycles. The fourth-order valence-electron chi connectivity index (χ4n) is 3.27. The van der Waals surface area contributed by atoms with Gasteiger partial charge in [0.05, 0.1) is 6.54 Å². The normalized spacial score (nSPS) is 11.5. The molecule has 0 fully saturated rings. The van der Waals surface area contributed by atoms with E-state index in [2.05, 4.69) is 82.8 Å². The van der Waals surface area contributed by atoms with E-state index in [9.17, 15) is 0 Å². The number of hydrogen-bond donors (Lipinski definition) is 2. The van der Waals surface area contributed by atoms with Gasteiger partial charge >= 0.3 is 0 Å². The van der Waals surface area contributed by atoms with Crippen LogP contribution in [0.25, 0.3) is 0 Å². The van der Waals surface area contributed by atoms with E-state index in [0.29, 0.717) is 6.54 Å². The molecule has 0 aliphatic heterocycles. The van der Waals surface area contributed by atoms with Crippen LogP contribution >= 0.6 is 11.8 Å². The van der Waals surface area contributed by atoms with Gasteiger partial charge in [0.25, 0.3) is 0 Å². The number of hydrogen-bond acceptors (Lipinski definition) is 3. The molecule has 0 unspecified atom stereocenters. The summed E-state index contributed by atoms with van der Waals surface area (Å²) in [7, 11) is 0. The summed E-state index contributed by atoms with van der Waals surface area (Å²) >= 11 is 1.77. The molecule has 0 spiro atoms. The quantitative estimate of drug-likeness (QED) is 0.308. The summed E-state index contributed by atoms with van der Waals surface area (Å²) in [6.07, 6.45) is 6.87. The fraction of sp³-hybridized carbons (Fsp3) is 0.333. The first kappa shape index (κ1) is 22.0. The van der Waals surface area contributed by atoms with Crippen LogP contribution in [-0.2, 0) is 19.5 Å². The third-order valence-electron chi connectivity index (χ3n) is 4.83. The molecule has 6 heteroatoms. The van der Waals surface area contributed by atoms with E-state index in [0.717, 1.165) is 37.8 Å². The van der Waals surface area contributed by atoms with Gasteiger partial charge in [0.2, 0.25) is 0 Å². The van der Waals surface area contributed by atoms with Gasteiger partial charge in [-0.05, 0) is 42.9 Å². The van der Waals surface area contributed by atoms with Crippen molar-refractivity contribution in [2.45, 2.75) is 38.3 Å². The largest absolute Gasteiger partial charge is 0.357 e. The second kappa shape index (κ2) is 11.5. The van der Waals surface area contributed by atoms with Gasteiger partial charge in [-0.15, -0.1) is 11.8 Å². The van der Waals surface area contributed by atoms with Crippen LogP contribution in [0.15, 0.2) is 70.8 Å². The van der Waals surface area contributed by atoms with Crippen molar-refractivity contribution in [2.75, 3.05) is 19.3 Å². The summed E-state index contributed by atoms with van der Waals surface area (Å²) in [5.74, 6) is 1.91. The Kier molecular flexibility index (Phi) is 8.39. The number of guanidine groups is 1. The van der Waals surface area contributed by atoms with Gasteiger partial charge in [0.15, 0.2) is 5.96 Å². The first-order chi connectivity index (χ1) is 14.7. The molecule has 0 saturated carbocycles. The Morgan fingerprint density at radius 2 is 1.97 bits per heavy atom. The predicted octanol–water partition coefficient (Wildman–Crippen LogP) is 4.26. The smallest absolute Gasteiger partial charge is 0.191 e. The molecular formula is C24H31N5S. The van der Waals surface area contributed by atoms with Crippen LogP contribution in [0.4, 0.5) is 0 Å². The molecule has 1 aromatic heterocycles. The van der Waals surface area contributed by atoms with Gasteiger partial charge in [-0.1, -0.05) is 42.5 Å². The van der Waals surface area contributed by atoms with Gasteiger partial charge in [-0.2, -0.15) is 0 Å². The molecule has 0 aliphatic rings. The summed E-state index contributed by atoms with van der Waals surface area (Å²) in [4.78, 5) is 10.6. The summed E-state index contributed by atoms with van der Waals surface area (Å²) in [5.41, 5.74) is 3.81. The van der Waals surface area contributed by atoms with Gasteiger partial charge in [0, 0.05) is 43.3 Å². The van der Waals surface area contributed by atoms with Crippen molar-refractivity contribution in [1.82, 2.24) is 20.2 Å². The molecule has 0 saturated heterocycles. The minimum atomic E-state index is 0.661. The lowest BCUT2D eigenvalue weighted by molar-refractivity contribution is 0.694. The van der Waals surface area contributed by atoms with E-state index in [4.69, 9.17) is 4.99 Å². The van der Waals surface area contributed by atoms with Crippen LogP contribution in [0.2, 0.25) is 0 Å². The number of nitrogens with zero attached hydrogens (tertiary/aromatic N) is 3. The van der Waals surface area contributed by atoms with Crippen molar-refractivity contribution in [3.05, 3.63) is 83.4 Å². The lowest BCUT2D eigenvalue weighted by Crippen LogP contribution is -2.38. The van der Waals surface area contributed by atoms with Crippen molar-refractivity contribution >= 4 is 17.7 Å². The highest BCUT2D eigenvalue weighted by Crippen LogP contribution is 2.22. The van der Waals surface area contributed by atoms with Crippen molar-refractivity contribution in [3.8, 4) is 0 Å². The Bertz CT molecular complexity index is 949. The average Bonchev–Trinajstić information content (AvgIpc) is 3.20. The molecule has 3 rings (SSSR count). The van der Waals surface area contributed by atoms with Crippen molar-refractivity contribution in [2.24, 2.45) is 4.99 Å².